The van der Waals surface area contributed by atoms with Crippen LogP contribution >= 0.6 is 0 Å². The number of fused-ring (bicyclic) bond motifs is 11. The third-order valence-electron chi connectivity index (χ3n) is 9.06. The minimum Gasteiger partial charge on any atom is -0.252 e. The van der Waals surface area contributed by atoms with Gasteiger partial charge in [-0.2, -0.15) is 0 Å². The zero-order chi connectivity index (χ0) is 25.7. The maximum absolute atomic E-state index is 5.06. The number of benzene rings is 5. The molecule has 1 aromatic heterocycles. The fourth-order valence-corrected chi connectivity index (χ4v) is 7.45. The average molecular weight is 496 g/mol. The van der Waals surface area contributed by atoms with Crippen molar-refractivity contribution >= 4 is 21.5 Å². The van der Waals surface area contributed by atoms with Crippen LogP contribution in [0.1, 0.15) is 28.7 Å². The highest BCUT2D eigenvalue weighted by atomic mass is 14.7. The van der Waals surface area contributed by atoms with Crippen LogP contribution in [0.25, 0.3) is 66.2 Å². The normalized spacial score (nSPS) is 17.7. The number of hydrogen-bond acceptors (Lipinski definition) is 1. The Kier molecular flexibility index (Phi) is 4.16. The molecule has 39 heavy (non-hydrogen) atoms. The van der Waals surface area contributed by atoms with Crippen molar-refractivity contribution in [2.75, 3.05) is 0 Å². The van der Waals surface area contributed by atoms with Crippen LogP contribution in [-0.4, -0.2) is 4.98 Å². The molecule has 0 saturated heterocycles. The maximum atomic E-state index is 5.06. The lowest BCUT2D eigenvalue weighted by Gasteiger charge is -2.34. The summed E-state index contributed by atoms with van der Waals surface area (Å²) in [7, 11) is 0. The molecule has 5 aromatic carbocycles. The van der Waals surface area contributed by atoms with E-state index in [1.165, 1.54) is 71.6 Å². The van der Waals surface area contributed by atoms with Crippen molar-refractivity contribution in [1.29, 1.82) is 0 Å². The fourth-order valence-electron chi connectivity index (χ4n) is 7.45. The van der Waals surface area contributed by atoms with E-state index in [-0.39, 0.29) is 0 Å². The zero-order valence-corrected chi connectivity index (χ0v) is 21.6. The summed E-state index contributed by atoms with van der Waals surface area (Å²) in [6.07, 6.45) is 9.18. The van der Waals surface area contributed by atoms with Gasteiger partial charge in [0.25, 0.3) is 0 Å². The van der Waals surface area contributed by atoms with Gasteiger partial charge in [0.1, 0.15) is 0 Å². The molecule has 3 aliphatic rings. The molecule has 182 valence electrons. The third kappa shape index (κ3) is 2.77. The Morgan fingerprint density at radius 1 is 0.538 bits per heavy atom. The van der Waals surface area contributed by atoms with Crippen LogP contribution in [0.4, 0.5) is 0 Å². The van der Waals surface area contributed by atoms with Crippen molar-refractivity contribution in [3.63, 3.8) is 0 Å². The van der Waals surface area contributed by atoms with Crippen LogP contribution in [-0.2, 0) is 0 Å². The molecule has 0 N–H and O–H groups in total. The van der Waals surface area contributed by atoms with E-state index in [9.17, 15) is 0 Å². The predicted octanol–water partition coefficient (Wildman–Crippen LogP) is 9.98. The molecule has 2 atom stereocenters. The highest BCUT2D eigenvalue weighted by Gasteiger charge is 2.33. The molecular weight excluding hydrogens is 470 g/mol. The number of rotatable bonds is 1. The molecule has 6 aromatic rings. The minimum atomic E-state index is 0.347. The molecular formula is C38H25N. The van der Waals surface area contributed by atoms with Gasteiger partial charge in [-0.1, -0.05) is 109 Å². The van der Waals surface area contributed by atoms with Gasteiger partial charge >= 0.3 is 0 Å². The van der Waals surface area contributed by atoms with Crippen molar-refractivity contribution in [1.82, 2.24) is 4.98 Å². The van der Waals surface area contributed by atoms with Gasteiger partial charge in [-0.05, 0) is 74.2 Å². The van der Waals surface area contributed by atoms with Crippen molar-refractivity contribution in [2.45, 2.75) is 18.8 Å². The molecule has 0 aliphatic heterocycles. The lowest BCUT2D eigenvalue weighted by molar-refractivity contribution is 0.720. The summed E-state index contributed by atoms with van der Waals surface area (Å²) >= 11 is 0. The highest BCUT2D eigenvalue weighted by Crippen LogP contribution is 2.54. The van der Waals surface area contributed by atoms with Crippen LogP contribution in [0.2, 0.25) is 0 Å². The Bertz CT molecular complexity index is 2090. The van der Waals surface area contributed by atoms with Crippen LogP contribution in [0.15, 0.2) is 121 Å². The average Bonchev–Trinajstić information content (AvgIpc) is 3.32. The standard InChI is InChI=1S/C38H25N/c1-22-17-19-32-31-15-8-16-33-35(29-13-6-7-14-30(29)37(36(31)33)38(32)39-22)23-18-20-28-26-11-3-2-9-24(26)25-10-4-5-12-27(25)34(28)21-23/h2-21,25,27H,1H3. The SMILES string of the molecule is Cc1ccc2c(n1)-c1c3ccccc3c(-c3ccc4c(c3)C3C=CC=CC3c3ccccc3-4)c3cccc-2c13. The first-order chi connectivity index (χ1) is 19.3. The summed E-state index contributed by atoms with van der Waals surface area (Å²) in [5.41, 5.74) is 14.2. The number of aryl methyl sites for hydroxylation is 1. The minimum absolute atomic E-state index is 0.347. The summed E-state index contributed by atoms with van der Waals surface area (Å²) in [6, 6.07) is 36.2. The van der Waals surface area contributed by atoms with Gasteiger partial charge in [0, 0.05) is 34.0 Å². The highest BCUT2D eigenvalue weighted by molar-refractivity contribution is 6.28. The van der Waals surface area contributed by atoms with Gasteiger partial charge in [-0.25, -0.2) is 0 Å². The Hall–Kier alpha value is -4.75. The molecule has 0 spiro atoms. The van der Waals surface area contributed by atoms with E-state index in [0.29, 0.717) is 11.8 Å². The second kappa shape index (κ2) is 7.65. The zero-order valence-electron chi connectivity index (χ0n) is 21.6. The number of hydrogen-bond donors (Lipinski definition) is 0. The summed E-state index contributed by atoms with van der Waals surface area (Å²) < 4.78 is 0. The number of aromatic nitrogens is 1. The van der Waals surface area contributed by atoms with Gasteiger partial charge < -0.3 is 0 Å². The van der Waals surface area contributed by atoms with Crippen molar-refractivity contribution < 1.29 is 0 Å². The Balaban J connectivity index is 1.38. The maximum Gasteiger partial charge on any atom is 0.0796 e. The van der Waals surface area contributed by atoms with Gasteiger partial charge in [0.15, 0.2) is 0 Å². The molecule has 0 amide bonds. The van der Waals surface area contributed by atoms with Crippen molar-refractivity contribution in [3.05, 3.63) is 138 Å². The Labute approximate surface area is 227 Å². The van der Waals surface area contributed by atoms with Crippen LogP contribution in [0.3, 0.4) is 0 Å². The molecule has 1 heterocycles. The van der Waals surface area contributed by atoms with Gasteiger partial charge in [-0.15, -0.1) is 0 Å². The van der Waals surface area contributed by atoms with Crippen molar-refractivity contribution in [3.8, 4) is 44.6 Å². The lowest BCUT2D eigenvalue weighted by atomic mass is 9.69. The van der Waals surface area contributed by atoms with Gasteiger partial charge in [0.2, 0.25) is 0 Å². The molecule has 0 fully saturated rings. The van der Waals surface area contributed by atoms with Gasteiger partial charge in [0.05, 0.1) is 5.69 Å². The van der Waals surface area contributed by atoms with Crippen LogP contribution < -0.4 is 0 Å². The van der Waals surface area contributed by atoms with E-state index >= 15 is 0 Å². The second-order valence-corrected chi connectivity index (χ2v) is 11.1. The van der Waals surface area contributed by atoms with E-state index in [1.807, 2.05) is 0 Å². The smallest absolute Gasteiger partial charge is 0.0796 e. The third-order valence-corrected chi connectivity index (χ3v) is 9.06. The molecule has 1 heteroatoms. The first kappa shape index (κ1) is 21.2. The molecule has 3 aliphatic carbocycles. The summed E-state index contributed by atoms with van der Waals surface area (Å²) in [5.74, 6) is 0.724. The monoisotopic (exact) mass is 495 g/mol. The molecule has 2 unspecified atom stereocenters. The summed E-state index contributed by atoms with van der Waals surface area (Å²) in [6.45, 7) is 2.09. The first-order valence-electron chi connectivity index (χ1n) is 13.8. The first-order valence-corrected chi connectivity index (χ1v) is 13.8. The number of allylic oxidation sites excluding steroid dienone is 4. The topological polar surface area (TPSA) is 12.9 Å². The Morgan fingerprint density at radius 2 is 1.21 bits per heavy atom. The van der Waals surface area contributed by atoms with Gasteiger partial charge in [-0.3, -0.25) is 4.98 Å². The molecule has 1 nitrogen and oxygen atoms in total. The van der Waals surface area contributed by atoms with E-state index in [2.05, 4.69) is 128 Å². The molecule has 9 rings (SSSR count). The van der Waals surface area contributed by atoms with E-state index in [0.717, 1.165) is 11.4 Å². The number of nitrogens with zero attached hydrogens (tertiary/aromatic N) is 1. The molecule has 0 radical (unpaired) electrons. The quantitative estimate of drug-likeness (QED) is 0.207. The number of pyridine rings is 1. The Morgan fingerprint density at radius 3 is 2.08 bits per heavy atom. The largest absolute Gasteiger partial charge is 0.252 e. The van der Waals surface area contributed by atoms with Crippen LogP contribution in [0.5, 0.6) is 0 Å². The van der Waals surface area contributed by atoms with E-state index in [1.54, 1.807) is 0 Å². The molecule has 0 saturated carbocycles. The summed E-state index contributed by atoms with van der Waals surface area (Å²) in [5, 5.41) is 5.22. The van der Waals surface area contributed by atoms with E-state index in [4.69, 9.17) is 4.98 Å². The second-order valence-electron chi connectivity index (χ2n) is 11.1. The van der Waals surface area contributed by atoms with E-state index < -0.39 is 0 Å². The molecule has 0 bridgehead atoms. The predicted molar refractivity (Wildman–Crippen MR) is 163 cm³/mol. The van der Waals surface area contributed by atoms with Crippen LogP contribution in [0, 0.1) is 6.92 Å². The summed E-state index contributed by atoms with van der Waals surface area (Å²) in [4.78, 5) is 5.06. The van der Waals surface area contributed by atoms with Crippen molar-refractivity contribution in [2.24, 2.45) is 0 Å². The fraction of sp³-hybridized carbons (Fsp3) is 0.0789. The lowest BCUT2D eigenvalue weighted by Crippen LogP contribution is -2.16.